The number of halogens is 1. The molecule has 0 N–H and O–H groups in total. The molecular weight excluding hydrogens is 528 g/mol. The molecule has 0 unspecified atom stereocenters. The monoisotopic (exact) mass is 544 g/mol. The predicted octanol–water partition coefficient (Wildman–Crippen LogP) is 5.86. The molecule has 1 aliphatic heterocycles. The lowest BCUT2D eigenvalue weighted by atomic mass is 10.1. The van der Waals surface area contributed by atoms with E-state index in [1.807, 2.05) is 31.3 Å². The Hall–Kier alpha value is -2.33. The van der Waals surface area contributed by atoms with Gasteiger partial charge in [0.1, 0.15) is 4.21 Å². The highest BCUT2D eigenvalue weighted by molar-refractivity contribution is 9.11. The van der Waals surface area contributed by atoms with E-state index in [4.69, 9.17) is 0 Å². The standard InChI is InChI=1S/C23H17BrN2O3S3/c1-26-12-17-9-15(2-3-18(17)23(26)27)19-4-5-20(30-19)16-8-14(10-25-11-16)13-32(28,29)22-7-6-21(24)31-22/h2-11H,12-13H2,1H3. The van der Waals surface area contributed by atoms with Crippen molar-refractivity contribution in [2.45, 2.75) is 16.5 Å². The summed E-state index contributed by atoms with van der Waals surface area (Å²) in [5.41, 5.74) is 4.42. The highest BCUT2D eigenvalue weighted by Crippen LogP contribution is 2.37. The van der Waals surface area contributed by atoms with E-state index in [0.717, 1.165) is 35.8 Å². The van der Waals surface area contributed by atoms with Gasteiger partial charge in [-0.05, 0) is 75.1 Å². The van der Waals surface area contributed by atoms with Gasteiger partial charge in [-0.1, -0.05) is 6.07 Å². The SMILES string of the molecule is CN1Cc2cc(-c3ccc(-c4cncc(CS(=O)(=O)c5ccc(Br)s5)c4)s3)ccc2C1=O. The van der Waals surface area contributed by atoms with E-state index in [9.17, 15) is 13.2 Å². The van der Waals surface area contributed by atoms with Crippen LogP contribution in [0, 0.1) is 0 Å². The Morgan fingerprint density at radius 3 is 2.53 bits per heavy atom. The number of carbonyl (C=O) groups is 1. The van der Waals surface area contributed by atoms with Crippen LogP contribution in [0.5, 0.6) is 0 Å². The lowest BCUT2D eigenvalue weighted by Gasteiger charge is -2.04. The molecule has 0 fully saturated rings. The molecule has 1 amide bonds. The predicted molar refractivity (Wildman–Crippen MR) is 132 cm³/mol. The van der Waals surface area contributed by atoms with E-state index in [0.29, 0.717) is 16.3 Å². The molecule has 5 nitrogen and oxygen atoms in total. The number of rotatable bonds is 5. The van der Waals surface area contributed by atoms with Crippen molar-refractivity contribution in [2.75, 3.05) is 7.05 Å². The molecule has 0 saturated carbocycles. The van der Waals surface area contributed by atoms with Gasteiger partial charge < -0.3 is 4.90 Å². The van der Waals surface area contributed by atoms with Crippen LogP contribution in [0.3, 0.4) is 0 Å². The highest BCUT2D eigenvalue weighted by atomic mass is 79.9. The fourth-order valence-electron chi connectivity index (χ4n) is 3.72. The number of amides is 1. The molecule has 1 aliphatic rings. The second-order valence-electron chi connectivity index (χ2n) is 7.60. The number of aromatic nitrogens is 1. The zero-order chi connectivity index (χ0) is 22.5. The van der Waals surface area contributed by atoms with Crippen LogP contribution in [0.2, 0.25) is 0 Å². The molecule has 1 aromatic carbocycles. The number of fused-ring (bicyclic) bond motifs is 1. The number of thiophene rings is 2. The van der Waals surface area contributed by atoms with Crippen molar-refractivity contribution in [3.05, 3.63) is 81.4 Å². The van der Waals surface area contributed by atoms with Gasteiger partial charge in [0.05, 0.1) is 9.54 Å². The van der Waals surface area contributed by atoms with E-state index < -0.39 is 9.84 Å². The van der Waals surface area contributed by atoms with Crippen LogP contribution in [0.15, 0.2) is 68.9 Å². The molecule has 0 aliphatic carbocycles. The van der Waals surface area contributed by atoms with E-state index in [1.165, 1.54) is 11.3 Å². The summed E-state index contributed by atoms with van der Waals surface area (Å²) in [6.07, 6.45) is 3.36. The smallest absolute Gasteiger partial charge is 0.254 e. The van der Waals surface area contributed by atoms with Crippen LogP contribution >= 0.6 is 38.6 Å². The molecule has 4 aromatic rings. The largest absolute Gasteiger partial charge is 0.337 e. The Labute approximate surface area is 202 Å². The maximum Gasteiger partial charge on any atom is 0.254 e. The molecule has 9 heteroatoms. The Morgan fingerprint density at radius 2 is 1.78 bits per heavy atom. The summed E-state index contributed by atoms with van der Waals surface area (Å²) in [5, 5.41) is 0. The fourth-order valence-corrected chi connectivity index (χ4v) is 8.12. The first-order valence-electron chi connectivity index (χ1n) is 9.71. The normalized spacial score (nSPS) is 13.6. The molecular formula is C23H17BrN2O3S3. The fraction of sp³-hybridized carbons (Fsp3) is 0.130. The third-order valence-electron chi connectivity index (χ3n) is 5.27. The maximum absolute atomic E-state index is 12.7. The molecule has 3 aromatic heterocycles. The van der Waals surface area contributed by atoms with Crippen LogP contribution in [0.4, 0.5) is 0 Å². The minimum atomic E-state index is -3.42. The second kappa shape index (κ2) is 8.22. The molecule has 0 radical (unpaired) electrons. The van der Waals surface area contributed by atoms with Crippen molar-refractivity contribution in [2.24, 2.45) is 0 Å². The average Bonchev–Trinajstić information content (AvgIpc) is 3.48. The van der Waals surface area contributed by atoms with E-state index in [2.05, 4.69) is 33.0 Å². The number of hydrogen-bond acceptors (Lipinski definition) is 6. The van der Waals surface area contributed by atoms with Crippen LogP contribution < -0.4 is 0 Å². The average molecular weight is 546 g/mol. The summed E-state index contributed by atoms with van der Waals surface area (Å²) >= 11 is 6.15. The number of pyridine rings is 1. The van der Waals surface area contributed by atoms with Gasteiger partial charge in [-0.2, -0.15) is 0 Å². The summed E-state index contributed by atoms with van der Waals surface area (Å²) in [6.45, 7) is 0.626. The minimum absolute atomic E-state index is 0.0613. The van der Waals surface area contributed by atoms with Crippen LogP contribution in [0.25, 0.3) is 20.9 Å². The number of hydrogen-bond donors (Lipinski definition) is 0. The Balaban J connectivity index is 1.41. The number of sulfone groups is 1. The summed E-state index contributed by atoms with van der Waals surface area (Å²) in [7, 11) is -1.62. The third-order valence-corrected chi connectivity index (χ3v) is 10.3. The Morgan fingerprint density at radius 1 is 1.00 bits per heavy atom. The van der Waals surface area contributed by atoms with E-state index >= 15 is 0 Å². The van der Waals surface area contributed by atoms with Crippen molar-refractivity contribution >= 4 is 54.3 Å². The molecule has 5 rings (SSSR count). The first kappa shape index (κ1) is 21.5. The Kier molecular flexibility index (Phi) is 5.53. The maximum atomic E-state index is 12.7. The summed E-state index contributed by atoms with van der Waals surface area (Å²) in [5.74, 6) is -0.0306. The Bertz CT molecular complexity index is 1460. The minimum Gasteiger partial charge on any atom is -0.337 e. The number of benzene rings is 1. The third kappa shape index (κ3) is 4.05. The van der Waals surface area contributed by atoms with Gasteiger partial charge in [0.25, 0.3) is 5.91 Å². The molecule has 0 spiro atoms. The highest BCUT2D eigenvalue weighted by Gasteiger charge is 2.24. The zero-order valence-corrected chi connectivity index (χ0v) is 20.9. The van der Waals surface area contributed by atoms with Crippen molar-refractivity contribution in [3.8, 4) is 20.9 Å². The number of carbonyl (C=O) groups excluding carboxylic acids is 1. The van der Waals surface area contributed by atoms with Gasteiger partial charge in [-0.15, -0.1) is 22.7 Å². The van der Waals surface area contributed by atoms with Crippen LogP contribution in [-0.4, -0.2) is 31.3 Å². The van der Waals surface area contributed by atoms with E-state index in [-0.39, 0.29) is 11.7 Å². The first-order chi connectivity index (χ1) is 15.3. The molecule has 32 heavy (non-hydrogen) atoms. The van der Waals surface area contributed by atoms with Crippen LogP contribution in [0.1, 0.15) is 21.5 Å². The van der Waals surface area contributed by atoms with E-state index in [1.54, 1.807) is 40.8 Å². The zero-order valence-electron chi connectivity index (χ0n) is 16.9. The summed E-state index contributed by atoms with van der Waals surface area (Å²) in [6, 6.07) is 15.3. The molecule has 0 bridgehead atoms. The van der Waals surface area contributed by atoms with Gasteiger partial charge in [-0.25, -0.2) is 8.42 Å². The van der Waals surface area contributed by atoms with Crippen molar-refractivity contribution < 1.29 is 13.2 Å². The van der Waals surface area contributed by atoms with Crippen molar-refractivity contribution in [1.29, 1.82) is 0 Å². The first-order valence-corrected chi connectivity index (χ1v) is 13.8. The van der Waals surface area contributed by atoms with Crippen molar-refractivity contribution in [3.63, 3.8) is 0 Å². The number of nitrogens with zero attached hydrogens (tertiary/aromatic N) is 2. The lowest BCUT2D eigenvalue weighted by molar-refractivity contribution is 0.0816. The molecule has 4 heterocycles. The summed E-state index contributed by atoms with van der Waals surface area (Å²) < 4.78 is 26.6. The molecule has 0 atom stereocenters. The quantitative estimate of drug-likeness (QED) is 0.315. The molecule has 0 saturated heterocycles. The van der Waals surface area contributed by atoms with Gasteiger partial charge in [-0.3, -0.25) is 9.78 Å². The topological polar surface area (TPSA) is 67.3 Å². The van der Waals surface area contributed by atoms with Gasteiger partial charge >= 0.3 is 0 Å². The van der Waals surface area contributed by atoms with Gasteiger partial charge in [0.15, 0.2) is 9.84 Å². The lowest BCUT2D eigenvalue weighted by Crippen LogP contribution is -2.17. The molecule has 162 valence electrons. The summed E-state index contributed by atoms with van der Waals surface area (Å²) in [4.78, 5) is 20.2. The van der Waals surface area contributed by atoms with Gasteiger partial charge in [0.2, 0.25) is 0 Å². The van der Waals surface area contributed by atoms with Gasteiger partial charge in [0, 0.05) is 46.9 Å². The van der Waals surface area contributed by atoms with Crippen molar-refractivity contribution in [1.82, 2.24) is 9.88 Å². The van der Waals surface area contributed by atoms with Crippen LogP contribution in [-0.2, 0) is 22.1 Å². The second-order valence-corrected chi connectivity index (χ2v) is 13.4.